The van der Waals surface area contributed by atoms with E-state index in [-0.39, 0.29) is 0 Å². The van der Waals surface area contributed by atoms with Gasteiger partial charge in [0, 0.05) is 12.0 Å². The number of unbranched alkanes of at least 4 members (excludes halogenated alkanes) is 14. The molecule has 0 amide bonds. The minimum atomic E-state index is 0.301. The lowest BCUT2D eigenvalue weighted by atomic mass is 10.0. The molecule has 1 rings (SSSR count). The molecule has 0 N–H and O–H groups in total. The van der Waals surface area contributed by atoms with E-state index in [1.807, 2.05) is 30.3 Å². The highest BCUT2D eigenvalue weighted by atomic mass is 16.1. The molecule has 0 aromatic heterocycles. The van der Waals surface area contributed by atoms with Crippen molar-refractivity contribution >= 4 is 5.78 Å². The maximum absolute atomic E-state index is 12.0. The second kappa shape index (κ2) is 16.4. The average Bonchev–Trinajstić information content (AvgIpc) is 2.65. The van der Waals surface area contributed by atoms with Gasteiger partial charge < -0.3 is 0 Å². The van der Waals surface area contributed by atoms with Gasteiger partial charge in [0.05, 0.1) is 0 Å². The zero-order chi connectivity index (χ0) is 18.0. The van der Waals surface area contributed by atoms with Crippen molar-refractivity contribution in [3.63, 3.8) is 0 Å². The van der Waals surface area contributed by atoms with E-state index in [2.05, 4.69) is 6.92 Å². The molecule has 0 bridgehead atoms. The normalized spacial score (nSPS) is 10.9. The number of rotatable bonds is 17. The lowest BCUT2D eigenvalue weighted by molar-refractivity contribution is 0.0979. The van der Waals surface area contributed by atoms with Crippen LogP contribution in [0.25, 0.3) is 0 Å². The Kier molecular flexibility index (Phi) is 14.4. The van der Waals surface area contributed by atoms with E-state index in [1.54, 1.807) is 0 Å². The van der Waals surface area contributed by atoms with Gasteiger partial charge in [-0.25, -0.2) is 0 Å². The Morgan fingerprint density at radius 1 is 0.600 bits per heavy atom. The standard InChI is InChI=1S/C24H40O/c1-2-3-4-5-6-7-8-9-10-11-12-13-14-15-19-22-24(25)23-20-17-16-18-21-23/h16-18,20-21H,2-15,19,22H2,1H3. The van der Waals surface area contributed by atoms with Crippen LogP contribution < -0.4 is 0 Å². The van der Waals surface area contributed by atoms with Crippen LogP contribution >= 0.6 is 0 Å². The largest absolute Gasteiger partial charge is 0.294 e. The van der Waals surface area contributed by atoms with Gasteiger partial charge in [-0.15, -0.1) is 0 Å². The minimum Gasteiger partial charge on any atom is -0.294 e. The number of Topliss-reactive ketones (excluding diaryl/α,β-unsaturated/α-hetero) is 1. The van der Waals surface area contributed by atoms with Gasteiger partial charge in [0.25, 0.3) is 0 Å². The van der Waals surface area contributed by atoms with Gasteiger partial charge in [-0.05, 0) is 6.42 Å². The van der Waals surface area contributed by atoms with E-state index >= 15 is 0 Å². The van der Waals surface area contributed by atoms with Crippen LogP contribution in [-0.2, 0) is 0 Å². The van der Waals surface area contributed by atoms with Crippen molar-refractivity contribution in [2.75, 3.05) is 0 Å². The SMILES string of the molecule is CCCCCCCCCCCCCCCCCC(=O)c1ccccc1. The zero-order valence-corrected chi connectivity index (χ0v) is 16.6. The number of carbonyl (C=O) groups excluding carboxylic acids is 1. The second-order valence-corrected chi connectivity index (χ2v) is 7.49. The summed E-state index contributed by atoms with van der Waals surface area (Å²) in [6.07, 6.45) is 21.2. The van der Waals surface area contributed by atoms with Crippen molar-refractivity contribution in [2.45, 2.75) is 110 Å². The molecule has 0 radical (unpaired) electrons. The summed E-state index contributed by atoms with van der Waals surface area (Å²) in [5.41, 5.74) is 0.868. The number of hydrogen-bond acceptors (Lipinski definition) is 1. The van der Waals surface area contributed by atoms with E-state index in [4.69, 9.17) is 0 Å². The maximum atomic E-state index is 12.0. The number of carbonyl (C=O) groups is 1. The molecule has 0 saturated carbocycles. The van der Waals surface area contributed by atoms with E-state index in [0.717, 1.165) is 12.0 Å². The summed E-state index contributed by atoms with van der Waals surface area (Å²) < 4.78 is 0. The summed E-state index contributed by atoms with van der Waals surface area (Å²) >= 11 is 0. The van der Waals surface area contributed by atoms with Crippen molar-refractivity contribution in [2.24, 2.45) is 0 Å². The highest BCUT2D eigenvalue weighted by Crippen LogP contribution is 2.14. The molecule has 0 aliphatic heterocycles. The number of benzene rings is 1. The lowest BCUT2D eigenvalue weighted by Gasteiger charge is -2.04. The Labute approximate surface area is 156 Å². The summed E-state index contributed by atoms with van der Waals surface area (Å²) in [4.78, 5) is 12.0. The van der Waals surface area contributed by atoms with Crippen LogP contribution in [0.3, 0.4) is 0 Å². The van der Waals surface area contributed by atoms with E-state index in [0.29, 0.717) is 12.2 Å². The molecule has 0 unspecified atom stereocenters. The van der Waals surface area contributed by atoms with Gasteiger partial charge in [0.15, 0.2) is 5.78 Å². The summed E-state index contributed by atoms with van der Waals surface area (Å²) in [6.45, 7) is 2.28. The van der Waals surface area contributed by atoms with Crippen LogP contribution in [0.1, 0.15) is 120 Å². The molecule has 25 heavy (non-hydrogen) atoms. The second-order valence-electron chi connectivity index (χ2n) is 7.49. The monoisotopic (exact) mass is 344 g/mol. The molecule has 1 aromatic rings. The van der Waals surface area contributed by atoms with Crippen molar-refractivity contribution in [1.29, 1.82) is 0 Å². The van der Waals surface area contributed by atoms with Crippen molar-refractivity contribution in [1.82, 2.24) is 0 Å². The smallest absolute Gasteiger partial charge is 0.162 e. The zero-order valence-electron chi connectivity index (χ0n) is 16.6. The molecule has 0 fully saturated rings. The first kappa shape index (κ1) is 21.9. The Morgan fingerprint density at radius 3 is 1.44 bits per heavy atom. The highest BCUT2D eigenvalue weighted by molar-refractivity contribution is 5.95. The molecular weight excluding hydrogens is 304 g/mol. The summed E-state index contributed by atoms with van der Waals surface area (Å²) in [6, 6.07) is 9.70. The topological polar surface area (TPSA) is 17.1 Å². The predicted octanol–water partition coefficient (Wildman–Crippen LogP) is 8.13. The molecule has 1 nitrogen and oxygen atoms in total. The van der Waals surface area contributed by atoms with Crippen LogP contribution in [0.4, 0.5) is 0 Å². The van der Waals surface area contributed by atoms with E-state index in [9.17, 15) is 4.79 Å². The molecule has 0 atom stereocenters. The highest BCUT2D eigenvalue weighted by Gasteiger charge is 2.03. The number of ketones is 1. The third-order valence-electron chi connectivity index (χ3n) is 5.10. The van der Waals surface area contributed by atoms with Gasteiger partial charge in [0.1, 0.15) is 0 Å². The molecule has 1 heteroatoms. The fourth-order valence-corrected chi connectivity index (χ4v) is 3.43. The molecule has 142 valence electrons. The summed E-state index contributed by atoms with van der Waals surface area (Å²) in [5, 5.41) is 0. The fourth-order valence-electron chi connectivity index (χ4n) is 3.43. The van der Waals surface area contributed by atoms with Crippen LogP contribution in [0, 0.1) is 0 Å². The van der Waals surface area contributed by atoms with Gasteiger partial charge in [-0.1, -0.05) is 127 Å². The molecule has 0 saturated heterocycles. The van der Waals surface area contributed by atoms with Gasteiger partial charge in [-0.2, -0.15) is 0 Å². The Bertz CT molecular complexity index is 409. The molecule has 0 spiro atoms. The van der Waals surface area contributed by atoms with Crippen molar-refractivity contribution < 1.29 is 4.79 Å². The van der Waals surface area contributed by atoms with Crippen LogP contribution in [0.15, 0.2) is 30.3 Å². The van der Waals surface area contributed by atoms with Crippen LogP contribution in [0.5, 0.6) is 0 Å². The lowest BCUT2D eigenvalue weighted by Crippen LogP contribution is -1.98. The quantitative estimate of drug-likeness (QED) is 0.206. The van der Waals surface area contributed by atoms with Gasteiger partial charge in [-0.3, -0.25) is 4.79 Å². The Morgan fingerprint density at radius 2 is 1.00 bits per heavy atom. The van der Waals surface area contributed by atoms with Crippen molar-refractivity contribution in [3.05, 3.63) is 35.9 Å². The number of hydrogen-bond donors (Lipinski definition) is 0. The molecule has 0 aliphatic rings. The third-order valence-corrected chi connectivity index (χ3v) is 5.10. The molecule has 0 heterocycles. The van der Waals surface area contributed by atoms with Crippen LogP contribution in [-0.4, -0.2) is 5.78 Å². The first-order valence-corrected chi connectivity index (χ1v) is 10.9. The fraction of sp³-hybridized carbons (Fsp3) is 0.708. The molecular formula is C24H40O. The van der Waals surface area contributed by atoms with E-state index in [1.165, 1.54) is 89.9 Å². The van der Waals surface area contributed by atoms with Gasteiger partial charge in [0.2, 0.25) is 0 Å². The molecule has 0 aliphatic carbocycles. The van der Waals surface area contributed by atoms with Gasteiger partial charge >= 0.3 is 0 Å². The van der Waals surface area contributed by atoms with Crippen molar-refractivity contribution in [3.8, 4) is 0 Å². The first-order valence-electron chi connectivity index (χ1n) is 10.9. The Balaban J connectivity index is 1.78. The summed E-state index contributed by atoms with van der Waals surface area (Å²) in [7, 11) is 0. The predicted molar refractivity (Wildman–Crippen MR) is 110 cm³/mol. The molecule has 1 aromatic carbocycles. The van der Waals surface area contributed by atoms with Crippen LogP contribution in [0.2, 0.25) is 0 Å². The first-order chi connectivity index (χ1) is 12.3. The minimum absolute atomic E-state index is 0.301. The van der Waals surface area contributed by atoms with E-state index < -0.39 is 0 Å². The average molecular weight is 345 g/mol. The maximum Gasteiger partial charge on any atom is 0.162 e. The Hall–Kier alpha value is -1.11. The summed E-state index contributed by atoms with van der Waals surface area (Å²) in [5.74, 6) is 0.301. The third kappa shape index (κ3) is 12.8.